The number of hydrogen-bond donors (Lipinski definition) is 2. The van der Waals surface area contributed by atoms with Gasteiger partial charge < -0.3 is 10.6 Å². The maximum Gasteiger partial charge on any atom is 0.416 e. The number of aromatic nitrogens is 4. The molecule has 0 spiro atoms. The van der Waals surface area contributed by atoms with E-state index in [0.717, 1.165) is 12.1 Å². The molecule has 2 N–H and O–H groups in total. The van der Waals surface area contributed by atoms with Crippen molar-refractivity contribution in [1.82, 2.24) is 20.3 Å². The summed E-state index contributed by atoms with van der Waals surface area (Å²) in [7, 11) is 0. The van der Waals surface area contributed by atoms with Crippen LogP contribution in [0.15, 0.2) is 41.0 Å². The van der Waals surface area contributed by atoms with Gasteiger partial charge in [-0.15, -0.1) is 0 Å². The summed E-state index contributed by atoms with van der Waals surface area (Å²) in [4.78, 5) is 7.86. The second-order valence-corrected chi connectivity index (χ2v) is 6.47. The third-order valence-electron chi connectivity index (χ3n) is 4.21. The SMILES string of the molecule is Fc1cc(C(F)(F)F)ccc1Nc1nc2nonc2nc1Nc1ccc(C(F)(F)F)cc1F. The van der Waals surface area contributed by atoms with Crippen LogP contribution in [-0.4, -0.2) is 20.3 Å². The summed E-state index contributed by atoms with van der Waals surface area (Å²) < 4.78 is 110. The Morgan fingerprint density at radius 3 is 1.36 bits per heavy atom. The van der Waals surface area contributed by atoms with Gasteiger partial charge in [-0.3, -0.25) is 0 Å². The van der Waals surface area contributed by atoms with Crippen LogP contribution in [0.25, 0.3) is 11.3 Å². The monoisotopic (exact) mass is 476 g/mol. The van der Waals surface area contributed by atoms with Crippen molar-refractivity contribution >= 4 is 34.3 Å². The smallest absolute Gasteiger partial charge is 0.335 e. The summed E-state index contributed by atoms with van der Waals surface area (Å²) in [6.45, 7) is 0. The molecule has 0 fully saturated rings. The largest absolute Gasteiger partial charge is 0.416 e. The fourth-order valence-corrected chi connectivity index (χ4v) is 2.65. The summed E-state index contributed by atoms with van der Waals surface area (Å²) in [5.74, 6) is -3.29. The van der Waals surface area contributed by atoms with Gasteiger partial charge in [0.25, 0.3) is 0 Å². The van der Waals surface area contributed by atoms with E-state index in [9.17, 15) is 35.1 Å². The standard InChI is InChI=1S/C18H8F8N6O/c19-9-5-7(17(21,22)23)1-3-11(9)27-13-14(30-16-15(29-13)31-33-32-16)28-12-4-2-8(6-10(12)20)18(24,25)26/h1-6H,(H,27,29,31)(H,28,30,32). The lowest BCUT2D eigenvalue weighted by atomic mass is 10.2. The summed E-state index contributed by atoms with van der Waals surface area (Å²) in [6.07, 6.45) is -9.56. The highest BCUT2D eigenvalue weighted by Gasteiger charge is 2.32. The first-order chi connectivity index (χ1) is 15.4. The van der Waals surface area contributed by atoms with Gasteiger partial charge in [0.2, 0.25) is 11.3 Å². The van der Waals surface area contributed by atoms with Gasteiger partial charge in [0.15, 0.2) is 11.6 Å². The third kappa shape index (κ3) is 4.61. The summed E-state index contributed by atoms with van der Waals surface area (Å²) in [5.41, 5.74) is -3.77. The lowest BCUT2D eigenvalue weighted by Gasteiger charge is -2.14. The van der Waals surface area contributed by atoms with Crippen LogP contribution in [0.1, 0.15) is 11.1 Å². The fourth-order valence-electron chi connectivity index (χ4n) is 2.65. The first-order valence-electron chi connectivity index (χ1n) is 8.69. The zero-order valence-corrected chi connectivity index (χ0v) is 15.7. The Hall–Kier alpha value is -4.04. The molecule has 2 aromatic heterocycles. The predicted molar refractivity (Wildman–Crippen MR) is 96.8 cm³/mol. The van der Waals surface area contributed by atoms with Crippen LogP contribution in [0.3, 0.4) is 0 Å². The Bertz CT molecular complexity index is 1230. The molecule has 4 aromatic rings. The van der Waals surface area contributed by atoms with E-state index in [1.807, 2.05) is 0 Å². The molecule has 0 aliphatic rings. The molecule has 0 aliphatic heterocycles. The molecule has 0 saturated heterocycles. The molecule has 15 heteroatoms. The van der Waals surface area contributed by atoms with Crippen molar-refractivity contribution in [2.45, 2.75) is 12.4 Å². The summed E-state index contributed by atoms with van der Waals surface area (Å²) >= 11 is 0. The highest BCUT2D eigenvalue weighted by molar-refractivity contribution is 5.79. The lowest BCUT2D eigenvalue weighted by molar-refractivity contribution is -0.138. The molecule has 33 heavy (non-hydrogen) atoms. The molecule has 2 aromatic carbocycles. The quantitative estimate of drug-likeness (QED) is 0.359. The van der Waals surface area contributed by atoms with Crippen molar-refractivity contribution in [2.24, 2.45) is 0 Å². The fraction of sp³-hybridized carbons (Fsp3) is 0.111. The van der Waals surface area contributed by atoms with Crippen molar-refractivity contribution in [3.63, 3.8) is 0 Å². The first-order valence-corrected chi connectivity index (χ1v) is 8.69. The first kappa shape index (κ1) is 22.2. The molecule has 0 saturated carbocycles. The van der Waals surface area contributed by atoms with Crippen molar-refractivity contribution in [1.29, 1.82) is 0 Å². The molecule has 0 amide bonds. The van der Waals surface area contributed by atoms with Crippen molar-refractivity contribution in [3.05, 3.63) is 59.2 Å². The molecule has 2 heterocycles. The maximum absolute atomic E-state index is 14.3. The molecule has 0 atom stereocenters. The van der Waals surface area contributed by atoms with Crippen LogP contribution in [0.2, 0.25) is 0 Å². The van der Waals surface area contributed by atoms with E-state index < -0.39 is 46.5 Å². The number of rotatable bonds is 4. The number of nitrogens with zero attached hydrogens (tertiary/aromatic N) is 4. The van der Waals surface area contributed by atoms with Gasteiger partial charge in [-0.05, 0) is 46.7 Å². The number of nitrogens with one attached hydrogen (secondary N) is 2. The van der Waals surface area contributed by atoms with Gasteiger partial charge in [-0.25, -0.2) is 23.4 Å². The highest BCUT2D eigenvalue weighted by Crippen LogP contribution is 2.35. The zero-order valence-electron chi connectivity index (χ0n) is 15.7. The van der Waals surface area contributed by atoms with E-state index >= 15 is 0 Å². The number of halogens is 8. The van der Waals surface area contributed by atoms with E-state index in [4.69, 9.17) is 0 Å². The van der Waals surface area contributed by atoms with E-state index in [-0.39, 0.29) is 35.1 Å². The van der Waals surface area contributed by atoms with E-state index in [2.05, 4.69) is 35.5 Å². The number of fused-ring (bicyclic) bond motifs is 1. The van der Waals surface area contributed by atoms with Crippen LogP contribution >= 0.6 is 0 Å². The molecule has 0 unspecified atom stereocenters. The molecular weight excluding hydrogens is 468 g/mol. The molecule has 172 valence electrons. The van der Waals surface area contributed by atoms with Crippen LogP contribution in [0.5, 0.6) is 0 Å². The predicted octanol–water partition coefficient (Wildman–Crippen LogP) is 5.82. The topological polar surface area (TPSA) is 88.8 Å². The molecule has 0 radical (unpaired) electrons. The second kappa shape index (κ2) is 7.83. The van der Waals surface area contributed by atoms with Crippen LogP contribution in [0.4, 0.5) is 58.1 Å². The average molecular weight is 476 g/mol. The molecular formula is C18H8F8N6O. The van der Waals surface area contributed by atoms with Crippen LogP contribution in [-0.2, 0) is 12.4 Å². The minimum absolute atomic E-state index is 0.191. The van der Waals surface area contributed by atoms with Gasteiger partial charge in [-0.2, -0.15) is 26.3 Å². The Kier molecular flexibility index (Phi) is 5.26. The second-order valence-electron chi connectivity index (χ2n) is 6.47. The molecule has 0 aliphatic carbocycles. The number of benzene rings is 2. The number of anilines is 4. The van der Waals surface area contributed by atoms with Gasteiger partial charge >= 0.3 is 12.4 Å². The van der Waals surface area contributed by atoms with Crippen molar-refractivity contribution in [2.75, 3.05) is 10.6 Å². The molecule has 4 rings (SSSR count). The Morgan fingerprint density at radius 1 is 0.636 bits per heavy atom. The molecule has 0 bridgehead atoms. The van der Waals surface area contributed by atoms with Gasteiger partial charge in [0.05, 0.1) is 22.5 Å². The highest BCUT2D eigenvalue weighted by atomic mass is 19.4. The summed E-state index contributed by atoms with van der Waals surface area (Å²) in [5, 5.41) is 11.6. The lowest BCUT2D eigenvalue weighted by Crippen LogP contribution is -2.09. The van der Waals surface area contributed by atoms with Gasteiger partial charge in [0.1, 0.15) is 11.6 Å². The molecule has 7 nitrogen and oxygen atoms in total. The van der Waals surface area contributed by atoms with Crippen molar-refractivity contribution < 1.29 is 39.8 Å². The minimum Gasteiger partial charge on any atom is -0.335 e. The number of hydrogen-bond acceptors (Lipinski definition) is 7. The van der Waals surface area contributed by atoms with E-state index in [0.29, 0.717) is 12.1 Å². The minimum atomic E-state index is -4.78. The van der Waals surface area contributed by atoms with Gasteiger partial charge in [-0.1, -0.05) is 0 Å². The van der Waals surface area contributed by atoms with Crippen molar-refractivity contribution in [3.8, 4) is 0 Å². The zero-order chi connectivity index (χ0) is 24.0. The van der Waals surface area contributed by atoms with Crippen LogP contribution < -0.4 is 10.6 Å². The maximum atomic E-state index is 14.3. The normalized spacial score (nSPS) is 12.2. The summed E-state index contributed by atoms with van der Waals surface area (Å²) in [6, 6.07) is 3.28. The Labute approximate surface area is 177 Å². The number of alkyl halides is 6. The van der Waals surface area contributed by atoms with E-state index in [1.54, 1.807) is 0 Å². The Morgan fingerprint density at radius 2 is 1.03 bits per heavy atom. The third-order valence-corrected chi connectivity index (χ3v) is 4.21. The Balaban J connectivity index is 1.72. The van der Waals surface area contributed by atoms with E-state index in [1.165, 1.54) is 0 Å². The average Bonchev–Trinajstić information content (AvgIpc) is 3.16. The van der Waals surface area contributed by atoms with Crippen LogP contribution in [0, 0.1) is 11.6 Å². The van der Waals surface area contributed by atoms with Gasteiger partial charge in [0, 0.05) is 0 Å².